The molecule has 0 radical (unpaired) electrons. The average Bonchev–Trinajstić information content (AvgIpc) is 1.69. The van der Waals surface area contributed by atoms with Gasteiger partial charge in [0.05, 0.1) is 31.5 Å². The van der Waals surface area contributed by atoms with Crippen molar-refractivity contribution in [1.29, 1.82) is 0 Å². The highest BCUT2D eigenvalue weighted by Crippen LogP contribution is 2.44. The number of rotatable bonds is 37. The number of thioether (sulfide) groups is 1. The van der Waals surface area contributed by atoms with Gasteiger partial charge >= 0.3 is 0 Å². The molecule has 844 valence electrons. The SMILES string of the molecule is CC(C)CCN1[C@H](C)CN(C(C)C)C[C@H]1C.CC(C)N1CCC(C(=O)N(C)C2CN(C(C)C)C2)CC1.CC(C)N1CCC(CCN2CCN(C(C)C)CC2)CC1.CC(C)N1CCC(OCC2CCN(C(C)C)C2)CC1.CC(C)N1CCN(CC2CN(C(C)C)C2)CC1.CC(C)N1CCN(C[C@H]2C[C@@H]3C[C@H]2CN3C(C)C)CC1.CC(C)OCCN(C)C1CCN(C(C)C)C1.CC(C)SCCN1CCN(C(C)C)CC1. The molecule has 24 heteroatoms. The van der Waals surface area contributed by atoms with Crippen molar-refractivity contribution in [3.63, 3.8) is 0 Å². The van der Waals surface area contributed by atoms with Gasteiger partial charge < -0.3 is 53.6 Å². The smallest absolute Gasteiger partial charge is 0.225 e. The second-order valence-corrected chi connectivity index (χ2v) is 53.7. The van der Waals surface area contributed by atoms with Crippen LogP contribution in [0, 0.1) is 41.4 Å². The lowest BCUT2D eigenvalue weighted by Gasteiger charge is -2.47. The van der Waals surface area contributed by atoms with Crippen LogP contribution in [-0.4, -0.2) is 518 Å². The standard InChI is InChI=1S/C17H33N3.C17H35N3.C16H31N3O.C16H32N2O.C14H29N3.C14H30N2.C13H28N2O.C12H26N2S/c1-13(2)19-7-5-18(6-8-19)11-15-9-17-10-16(15)12-20(17)14(3)4;1-15(2)19-9-6-17(7-10-19)5-8-18-11-13-20(14-12-18)16(3)4;1-12(2)18-8-6-14(7-9-18)16(20)17(5)15-10-19(11-15)13(3)4;1-13(2)17-9-6-16(7-10-17)19-12-15-5-8-18(11-15)14(3)4;1-12(2)16-7-5-15(6-8-16)9-14-10-17(11-14)13(3)4;1-11(2)7-8-16-13(5)9-15(12(3)4)10-14(16)6;1-11(2)15-7-6-13(10-15)14(5)8-9-16-12(3)4;1-11(2)14-7-5-13(6-8-14)9-10-15-12(3)4/h13-17H,5-12H2,1-4H3;15-17H,5-14H2,1-4H3;12-15H,6-11H2,1-5H3;13-16H,5-12H2,1-4H3;12-14H,5-11H2,1-4H3;11-14H,7-10H2,1-6H3;11-13H,6-10H2,1-5H3;11-12H,5-10H2,1-4H3/t15-,16+,17-;;;;;13-,14-;;/m1....1../s1. The minimum Gasteiger partial charge on any atom is -0.378 e. The van der Waals surface area contributed by atoms with E-state index >= 15 is 0 Å². The van der Waals surface area contributed by atoms with Gasteiger partial charge in [0.2, 0.25) is 5.91 Å². The van der Waals surface area contributed by atoms with Crippen molar-refractivity contribution in [2.45, 2.75) is 439 Å². The van der Waals surface area contributed by atoms with Gasteiger partial charge in [0.15, 0.2) is 0 Å². The fraction of sp³-hybridized carbons (Fsp3) is 0.992. The Hall–Kier alpha value is -1.02. The summed E-state index contributed by atoms with van der Waals surface area (Å²) in [6, 6.07) is 12.6. The first-order chi connectivity index (χ1) is 67.6. The molecular formula is C119H244N20O3S. The minimum atomic E-state index is 0.253. The number of amides is 1. The fourth-order valence-electron chi connectivity index (χ4n) is 24.7. The molecule has 1 aliphatic carbocycles. The van der Waals surface area contributed by atoms with E-state index in [1.165, 1.54) is 292 Å². The summed E-state index contributed by atoms with van der Waals surface area (Å²) < 4.78 is 11.8. The summed E-state index contributed by atoms with van der Waals surface area (Å²) >= 11 is 2.08. The molecule has 1 amide bonds. The Morgan fingerprint density at radius 2 is 0.713 bits per heavy atom. The third-order valence-corrected chi connectivity index (χ3v) is 37.1. The lowest BCUT2D eigenvalue weighted by Crippen LogP contribution is -2.62. The number of likely N-dealkylation sites (N-methyl/N-ethyl adjacent to an activating group) is 2. The fourth-order valence-corrected chi connectivity index (χ4v) is 25.6. The number of likely N-dealkylation sites (tertiary alicyclic amines) is 8. The number of piperidine rings is 4. The number of carbonyl (C=O) groups excluding carboxylic acids is 1. The van der Waals surface area contributed by atoms with Gasteiger partial charge in [-0.15, -0.1) is 0 Å². The van der Waals surface area contributed by atoms with Crippen LogP contribution in [-0.2, 0) is 14.3 Å². The van der Waals surface area contributed by atoms with Gasteiger partial charge in [-0.1, -0.05) is 27.7 Å². The van der Waals surface area contributed by atoms with Crippen LogP contribution >= 0.6 is 11.8 Å². The predicted molar refractivity (Wildman–Crippen MR) is 620 cm³/mol. The van der Waals surface area contributed by atoms with Crippen molar-refractivity contribution in [1.82, 2.24) is 98.0 Å². The summed E-state index contributed by atoms with van der Waals surface area (Å²) in [6.45, 7) is 128. The summed E-state index contributed by atoms with van der Waals surface area (Å²) in [5.74, 6) is 7.40. The molecule has 0 aromatic carbocycles. The molecule has 14 rings (SSSR count). The van der Waals surface area contributed by atoms with E-state index in [1.54, 1.807) is 0 Å². The number of nitrogens with zero attached hydrogens (tertiary/aromatic N) is 20. The van der Waals surface area contributed by atoms with Gasteiger partial charge in [-0.25, -0.2) is 0 Å². The van der Waals surface area contributed by atoms with Gasteiger partial charge in [0.1, 0.15) is 0 Å². The maximum absolute atomic E-state index is 12.6. The number of ether oxygens (including phenoxy) is 2. The molecule has 2 bridgehead atoms. The first kappa shape index (κ1) is 129. The number of hydrogen-bond donors (Lipinski definition) is 0. The normalized spacial score (nSPS) is 26.6. The van der Waals surface area contributed by atoms with Crippen LogP contribution in [0.2, 0.25) is 0 Å². The van der Waals surface area contributed by atoms with E-state index in [4.69, 9.17) is 9.47 Å². The van der Waals surface area contributed by atoms with Crippen LogP contribution in [0.5, 0.6) is 0 Å². The molecule has 13 aliphatic heterocycles. The molecule has 13 heterocycles. The third-order valence-electron chi connectivity index (χ3n) is 36.0. The summed E-state index contributed by atoms with van der Waals surface area (Å²) in [4.78, 5) is 64.0. The number of hydrogen-bond acceptors (Lipinski definition) is 23. The first-order valence-corrected chi connectivity index (χ1v) is 61.8. The largest absolute Gasteiger partial charge is 0.378 e. The Morgan fingerprint density at radius 1 is 0.343 bits per heavy atom. The van der Waals surface area contributed by atoms with Crippen LogP contribution < -0.4 is 0 Å². The van der Waals surface area contributed by atoms with Crippen LogP contribution in [0.25, 0.3) is 0 Å². The molecular weight excluding hydrogens is 1790 g/mol. The minimum absolute atomic E-state index is 0.253. The Kier molecular flexibility index (Phi) is 60.4. The molecule has 0 spiro atoms. The van der Waals surface area contributed by atoms with E-state index in [0.29, 0.717) is 72.5 Å². The molecule has 1 saturated carbocycles. The monoisotopic (exact) mass is 2030 g/mol. The second-order valence-electron chi connectivity index (χ2n) is 52.0. The molecule has 23 nitrogen and oxygen atoms in total. The van der Waals surface area contributed by atoms with E-state index < -0.39 is 0 Å². The van der Waals surface area contributed by atoms with E-state index in [0.717, 1.165) is 154 Å². The van der Waals surface area contributed by atoms with Crippen LogP contribution in [0.15, 0.2) is 0 Å². The molecule has 13 saturated heterocycles. The molecule has 0 aromatic heterocycles. The van der Waals surface area contributed by atoms with E-state index in [1.807, 2.05) is 11.9 Å². The lowest BCUT2D eigenvalue weighted by molar-refractivity contribution is -0.142. The van der Waals surface area contributed by atoms with Crippen LogP contribution in [0.1, 0.15) is 312 Å². The van der Waals surface area contributed by atoms with Crippen molar-refractivity contribution < 1.29 is 14.3 Å². The highest BCUT2D eigenvalue weighted by Gasteiger charge is 2.46. The third kappa shape index (κ3) is 46.5. The zero-order valence-electron chi connectivity index (χ0n) is 101. The van der Waals surface area contributed by atoms with E-state index in [2.05, 4.69) is 347 Å². The van der Waals surface area contributed by atoms with Gasteiger partial charge in [0, 0.05) is 331 Å². The van der Waals surface area contributed by atoms with Crippen molar-refractivity contribution in [3.8, 4) is 0 Å². The molecule has 0 aromatic rings. The maximum Gasteiger partial charge on any atom is 0.225 e. The summed E-state index contributed by atoms with van der Waals surface area (Å²) in [5.41, 5.74) is 0. The average molecular weight is 2040 g/mol. The molecule has 7 atom stereocenters. The molecule has 2 unspecified atom stereocenters. The topological polar surface area (TPSA) is 100 Å². The summed E-state index contributed by atoms with van der Waals surface area (Å²) in [7, 11) is 4.22. The Labute approximate surface area is 892 Å². The van der Waals surface area contributed by atoms with Crippen molar-refractivity contribution in [2.75, 3.05) is 288 Å². The molecule has 0 N–H and O–H groups in total. The molecule has 14 aliphatic rings. The number of carbonyl (C=O) groups is 1. The van der Waals surface area contributed by atoms with Crippen molar-refractivity contribution >= 4 is 17.7 Å². The summed E-state index contributed by atoms with van der Waals surface area (Å²) in [5, 5.41) is 0.780. The zero-order chi connectivity index (χ0) is 106. The maximum atomic E-state index is 12.6. The first-order valence-electron chi connectivity index (χ1n) is 60.7. The highest BCUT2D eigenvalue weighted by atomic mass is 32.2. The van der Waals surface area contributed by atoms with Gasteiger partial charge in [-0.05, 0) is 378 Å². The Bertz CT molecular complexity index is 3150. The van der Waals surface area contributed by atoms with Gasteiger partial charge in [-0.3, -0.25) is 58.7 Å². The second kappa shape index (κ2) is 67.0. The van der Waals surface area contributed by atoms with Gasteiger partial charge in [-0.2, -0.15) is 11.8 Å². The Balaban J connectivity index is 0.000000222. The van der Waals surface area contributed by atoms with Crippen LogP contribution in [0.3, 0.4) is 0 Å². The van der Waals surface area contributed by atoms with Crippen LogP contribution in [0.4, 0.5) is 0 Å². The lowest BCUT2D eigenvalue weighted by atomic mass is 9.92. The quantitative estimate of drug-likeness (QED) is 0.0589. The van der Waals surface area contributed by atoms with Crippen molar-refractivity contribution in [2.24, 2.45) is 41.4 Å². The Morgan fingerprint density at radius 3 is 1.12 bits per heavy atom. The number of piperazine rings is 5. The molecule has 14 fully saturated rings. The predicted octanol–water partition coefficient (Wildman–Crippen LogP) is 17.1. The van der Waals surface area contributed by atoms with Crippen molar-refractivity contribution in [3.05, 3.63) is 0 Å². The van der Waals surface area contributed by atoms with E-state index in [9.17, 15) is 4.79 Å². The number of fused-ring (bicyclic) bond motifs is 2. The highest BCUT2D eigenvalue weighted by molar-refractivity contribution is 7.99. The van der Waals surface area contributed by atoms with Gasteiger partial charge in [0.25, 0.3) is 0 Å². The zero-order valence-corrected chi connectivity index (χ0v) is 102. The van der Waals surface area contributed by atoms with E-state index in [-0.39, 0.29) is 5.92 Å². The summed E-state index contributed by atoms with van der Waals surface area (Å²) in [6.07, 6.45) is 16.5. The molecule has 143 heavy (non-hydrogen) atoms.